The lowest BCUT2D eigenvalue weighted by Crippen LogP contribution is -2.06. The van der Waals surface area contributed by atoms with E-state index in [1.807, 2.05) is 12.3 Å². The summed E-state index contributed by atoms with van der Waals surface area (Å²) in [5, 5.41) is 10.7. The monoisotopic (exact) mass is 228 g/mol. The molecule has 0 aliphatic heterocycles. The molecule has 82 valence electrons. The predicted octanol–water partition coefficient (Wildman–Crippen LogP) is 1.87. The van der Waals surface area contributed by atoms with Crippen LogP contribution in [-0.4, -0.2) is 24.1 Å². The third-order valence-electron chi connectivity index (χ3n) is 1.67. The van der Waals surface area contributed by atoms with Gasteiger partial charge in [0.25, 0.3) is 0 Å². The molecule has 1 aromatic rings. The Bertz CT molecular complexity index is 373. The first-order chi connectivity index (χ1) is 7.20. The smallest absolute Gasteiger partial charge is 0.341 e. The molecule has 0 saturated carbocycles. The molecule has 1 rings (SSSR count). The largest absolute Gasteiger partial charge is 0.462 e. The molecule has 0 radical (unpaired) electrons. The topological polar surface area (TPSA) is 70.9 Å². The summed E-state index contributed by atoms with van der Waals surface area (Å²) in [6.07, 6.45) is 1.11. The summed E-state index contributed by atoms with van der Waals surface area (Å²) >= 11 is 1.32. The molecule has 0 bridgehead atoms. The van der Waals surface area contributed by atoms with Gasteiger partial charge in [0.1, 0.15) is 11.3 Å². The molecule has 0 spiro atoms. The first kappa shape index (κ1) is 11.7. The highest BCUT2D eigenvalue weighted by Gasteiger charge is 2.16. The van der Waals surface area contributed by atoms with Crippen molar-refractivity contribution < 1.29 is 14.7 Å². The molecule has 0 unspecified atom stereocenters. The molecule has 0 aliphatic rings. The summed E-state index contributed by atoms with van der Waals surface area (Å²) in [4.78, 5) is 15.4. The first-order valence-corrected chi connectivity index (χ1v) is 5.26. The highest BCUT2D eigenvalue weighted by molar-refractivity contribution is 7.14. The number of carbonyl (C=O) groups excluding carboxylic acids is 1. The van der Waals surface area contributed by atoms with Crippen molar-refractivity contribution in [3.63, 3.8) is 0 Å². The number of aryl methyl sites for hydroxylation is 1. The zero-order valence-electron chi connectivity index (χ0n) is 8.48. The van der Waals surface area contributed by atoms with Crippen LogP contribution in [0.5, 0.6) is 0 Å². The lowest BCUT2D eigenvalue weighted by molar-refractivity contribution is 0.0527. The third kappa shape index (κ3) is 2.77. The van der Waals surface area contributed by atoms with Gasteiger partial charge in [-0.1, -0.05) is 0 Å². The second-order valence-electron chi connectivity index (χ2n) is 2.71. The van der Waals surface area contributed by atoms with E-state index >= 15 is 0 Å². The highest BCUT2D eigenvalue weighted by atomic mass is 32.1. The van der Waals surface area contributed by atoms with Crippen LogP contribution >= 0.6 is 11.3 Å². The van der Waals surface area contributed by atoms with Crippen molar-refractivity contribution in [3.05, 3.63) is 16.5 Å². The number of aliphatic imine (C=N–C) groups is 1. The second kappa shape index (κ2) is 5.47. The average molecular weight is 228 g/mol. The molecule has 1 aromatic heterocycles. The highest BCUT2D eigenvalue weighted by Crippen LogP contribution is 2.30. The van der Waals surface area contributed by atoms with E-state index in [2.05, 4.69) is 4.99 Å². The maximum absolute atomic E-state index is 11.5. The van der Waals surface area contributed by atoms with Gasteiger partial charge >= 0.3 is 5.97 Å². The summed E-state index contributed by atoms with van der Waals surface area (Å²) in [5.74, 6) is -0.388. The number of thiophene rings is 1. The summed E-state index contributed by atoms with van der Waals surface area (Å²) in [5.41, 5.74) is 3.06. The number of carbonyl (C=O) groups is 1. The molecular weight excluding hydrogens is 216 g/mol. The van der Waals surface area contributed by atoms with Gasteiger partial charge in [-0.2, -0.15) is 0 Å². The molecule has 0 saturated heterocycles. The van der Waals surface area contributed by atoms with E-state index in [0.717, 1.165) is 11.9 Å². The number of ether oxygens (including phenoxy) is 1. The number of hydrogen-bond donors (Lipinski definition) is 2. The van der Waals surface area contributed by atoms with E-state index in [9.17, 15) is 4.79 Å². The molecule has 1 heterocycles. The van der Waals surface area contributed by atoms with Gasteiger partial charge in [0.2, 0.25) is 0 Å². The Balaban J connectivity index is 2.98. The van der Waals surface area contributed by atoms with Crippen molar-refractivity contribution >= 4 is 28.6 Å². The molecule has 5 nitrogen and oxygen atoms in total. The van der Waals surface area contributed by atoms with E-state index in [1.54, 1.807) is 12.4 Å². The fourth-order valence-electron chi connectivity index (χ4n) is 1.06. The maximum Gasteiger partial charge on any atom is 0.341 e. The van der Waals surface area contributed by atoms with Crippen molar-refractivity contribution in [2.75, 3.05) is 6.61 Å². The van der Waals surface area contributed by atoms with E-state index in [0.29, 0.717) is 17.2 Å². The number of hydrogen-bond acceptors (Lipinski definition) is 5. The lowest BCUT2D eigenvalue weighted by Gasteiger charge is -2.01. The van der Waals surface area contributed by atoms with Gasteiger partial charge in [0, 0.05) is 0 Å². The number of hydroxylamine groups is 1. The molecule has 0 fully saturated rings. The van der Waals surface area contributed by atoms with Gasteiger partial charge in [-0.3, -0.25) is 10.7 Å². The normalized spacial score (nSPS) is 10.6. The minimum Gasteiger partial charge on any atom is -0.462 e. The quantitative estimate of drug-likeness (QED) is 0.357. The van der Waals surface area contributed by atoms with E-state index in [4.69, 9.17) is 9.94 Å². The van der Waals surface area contributed by atoms with Crippen LogP contribution in [0.25, 0.3) is 0 Å². The van der Waals surface area contributed by atoms with Crippen LogP contribution in [0.4, 0.5) is 5.00 Å². The van der Waals surface area contributed by atoms with Crippen molar-refractivity contribution in [2.24, 2.45) is 4.99 Å². The second-order valence-corrected chi connectivity index (χ2v) is 3.56. The van der Waals surface area contributed by atoms with Gasteiger partial charge in [0.05, 0.1) is 12.2 Å². The molecule has 15 heavy (non-hydrogen) atoms. The van der Waals surface area contributed by atoms with Crippen molar-refractivity contribution in [3.8, 4) is 0 Å². The Kier molecular flexibility index (Phi) is 4.26. The van der Waals surface area contributed by atoms with Gasteiger partial charge in [0.15, 0.2) is 0 Å². The van der Waals surface area contributed by atoms with E-state index in [1.165, 1.54) is 11.3 Å². The molecule has 2 N–H and O–H groups in total. The van der Waals surface area contributed by atoms with Crippen LogP contribution in [0.3, 0.4) is 0 Å². The Morgan fingerprint density at radius 1 is 1.80 bits per heavy atom. The maximum atomic E-state index is 11.5. The fraction of sp³-hybridized carbons (Fsp3) is 0.333. The van der Waals surface area contributed by atoms with Gasteiger partial charge in [-0.25, -0.2) is 9.79 Å². The van der Waals surface area contributed by atoms with Gasteiger partial charge in [-0.15, -0.1) is 11.3 Å². The summed E-state index contributed by atoms with van der Waals surface area (Å²) in [6.45, 7) is 3.89. The molecule has 0 aromatic carbocycles. The standard InChI is InChI=1S/C9H12N2O3S/c1-3-14-9(12)7-6(2)4-15-8(7)10-5-11-13/h4-5,13H,3H2,1-2H3,(H,10,11). The van der Waals surface area contributed by atoms with Crippen molar-refractivity contribution in [2.45, 2.75) is 13.8 Å². The average Bonchev–Trinajstić information content (AvgIpc) is 2.57. The Hall–Kier alpha value is -1.40. The predicted molar refractivity (Wildman–Crippen MR) is 58.1 cm³/mol. The van der Waals surface area contributed by atoms with Crippen LogP contribution in [0, 0.1) is 6.92 Å². The van der Waals surface area contributed by atoms with Crippen molar-refractivity contribution in [1.29, 1.82) is 0 Å². The molecule has 0 aliphatic carbocycles. The van der Waals surface area contributed by atoms with Crippen LogP contribution in [0.1, 0.15) is 22.8 Å². The van der Waals surface area contributed by atoms with Gasteiger partial charge in [-0.05, 0) is 24.8 Å². The van der Waals surface area contributed by atoms with Crippen LogP contribution < -0.4 is 5.48 Å². The van der Waals surface area contributed by atoms with Gasteiger partial charge < -0.3 is 4.74 Å². The third-order valence-corrected chi connectivity index (χ3v) is 2.68. The number of nitrogens with zero attached hydrogens (tertiary/aromatic N) is 1. The molecule has 6 heteroatoms. The van der Waals surface area contributed by atoms with Crippen LogP contribution in [0.15, 0.2) is 10.4 Å². The minimum atomic E-state index is -0.388. The van der Waals surface area contributed by atoms with E-state index < -0.39 is 0 Å². The lowest BCUT2D eigenvalue weighted by atomic mass is 10.2. The zero-order valence-corrected chi connectivity index (χ0v) is 9.30. The van der Waals surface area contributed by atoms with Crippen molar-refractivity contribution in [1.82, 2.24) is 5.48 Å². The first-order valence-electron chi connectivity index (χ1n) is 4.38. The van der Waals surface area contributed by atoms with Crippen LogP contribution in [-0.2, 0) is 4.74 Å². The molecular formula is C9H12N2O3S. The number of rotatable bonds is 4. The minimum absolute atomic E-state index is 0.329. The molecule has 0 atom stereocenters. The van der Waals surface area contributed by atoms with Crippen LogP contribution in [0.2, 0.25) is 0 Å². The van der Waals surface area contributed by atoms with E-state index in [-0.39, 0.29) is 5.97 Å². The Morgan fingerprint density at radius 2 is 2.53 bits per heavy atom. The fourth-order valence-corrected chi connectivity index (χ4v) is 1.95. The SMILES string of the molecule is CCOC(=O)c1c(C)csc1/N=C/NO. The Labute approximate surface area is 91.4 Å². The Morgan fingerprint density at radius 3 is 3.13 bits per heavy atom. The number of nitrogens with one attached hydrogen (secondary N) is 1. The number of esters is 1. The summed E-state index contributed by atoms with van der Waals surface area (Å²) in [7, 11) is 0. The molecule has 0 amide bonds. The zero-order chi connectivity index (χ0) is 11.3. The summed E-state index contributed by atoms with van der Waals surface area (Å²) in [6, 6.07) is 0. The summed E-state index contributed by atoms with van der Waals surface area (Å²) < 4.78 is 4.90.